The first kappa shape index (κ1) is 15.7. The highest BCUT2D eigenvalue weighted by Gasteiger charge is 2.46. The zero-order valence-electron chi connectivity index (χ0n) is 13.8. The standard InChI is InChI=1S/C17H32N2O2/c1-3-18-15-6-8-17(20-11-12-21-17)13-16(15)19-9-4-5-14(2)7-10-19/h14-16,18H,3-13H2,1-2H3. The van der Waals surface area contributed by atoms with Gasteiger partial charge < -0.3 is 14.8 Å². The van der Waals surface area contributed by atoms with Crippen molar-refractivity contribution in [1.82, 2.24) is 10.2 Å². The lowest BCUT2D eigenvalue weighted by Gasteiger charge is -2.46. The van der Waals surface area contributed by atoms with E-state index in [1.807, 2.05) is 0 Å². The van der Waals surface area contributed by atoms with E-state index in [-0.39, 0.29) is 5.79 Å². The van der Waals surface area contributed by atoms with Gasteiger partial charge in [-0.3, -0.25) is 4.90 Å². The van der Waals surface area contributed by atoms with Crippen molar-refractivity contribution in [1.29, 1.82) is 0 Å². The van der Waals surface area contributed by atoms with Crippen LogP contribution >= 0.6 is 0 Å². The zero-order valence-corrected chi connectivity index (χ0v) is 13.8. The number of rotatable bonds is 3. The molecule has 3 fully saturated rings. The van der Waals surface area contributed by atoms with Crippen LogP contribution < -0.4 is 5.32 Å². The van der Waals surface area contributed by atoms with Gasteiger partial charge in [-0.1, -0.05) is 13.8 Å². The summed E-state index contributed by atoms with van der Waals surface area (Å²) in [5.41, 5.74) is 0. The summed E-state index contributed by atoms with van der Waals surface area (Å²) in [6.07, 6.45) is 7.32. The van der Waals surface area contributed by atoms with Gasteiger partial charge in [0.05, 0.1) is 13.2 Å². The number of likely N-dealkylation sites (N-methyl/N-ethyl adjacent to an activating group) is 1. The fourth-order valence-electron chi connectivity index (χ4n) is 4.39. The predicted molar refractivity (Wildman–Crippen MR) is 84.3 cm³/mol. The second-order valence-corrected chi connectivity index (χ2v) is 7.15. The normalized spacial score (nSPS) is 37.7. The molecule has 4 nitrogen and oxygen atoms in total. The zero-order chi connectivity index (χ0) is 14.7. The largest absolute Gasteiger partial charge is 0.347 e. The Morgan fingerprint density at radius 1 is 1.14 bits per heavy atom. The third-order valence-electron chi connectivity index (χ3n) is 5.62. The van der Waals surface area contributed by atoms with E-state index in [0.29, 0.717) is 12.1 Å². The van der Waals surface area contributed by atoms with Crippen LogP contribution in [0.15, 0.2) is 0 Å². The minimum atomic E-state index is -0.269. The van der Waals surface area contributed by atoms with Gasteiger partial charge >= 0.3 is 0 Å². The molecule has 3 aliphatic rings. The van der Waals surface area contributed by atoms with Crippen LogP contribution in [0, 0.1) is 5.92 Å². The third kappa shape index (κ3) is 3.61. The van der Waals surface area contributed by atoms with Crippen LogP contribution in [0.3, 0.4) is 0 Å². The van der Waals surface area contributed by atoms with E-state index in [4.69, 9.17) is 9.47 Å². The molecule has 1 saturated carbocycles. The lowest BCUT2D eigenvalue weighted by atomic mass is 9.84. The second kappa shape index (κ2) is 6.95. The van der Waals surface area contributed by atoms with Crippen molar-refractivity contribution in [2.75, 3.05) is 32.8 Å². The van der Waals surface area contributed by atoms with Crippen LogP contribution in [0.2, 0.25) is 0 Å². The van der Waals surface area contributed by atoms with Gasteiger partial charge in [0, 0.05) is 24.9 Å². The Balaban J connectivity index is 1.70. The molecule has 2 heterocycles. The first-order valence-electron chi connectivity index (χ1n) is 8.98. The van der Waals surface area contributed by atoms with Crippen molar-refractivity contribution in [3.8, 4) is 0 Å². The minimum Gasteiger partial charge on any atom is -0.347 e. The summed E-state index contributed by atoms with van der Waals surface area (Å²) < 4.78 is 12.0. The maximum atomic E-state index is 6.00. The summed E-state index contributed by atoms with van der Waals surface area (Å²) in [6.45, 7) is 9.70. The Hall–Kier alpha value is -0.160. The Labute approximate surface area is 129 Å². The van der Waals surface area contributed by atoms with Crippen molar-refractivity contribution in [3.63, 3.8) is 0 Å². The quantitative estimate of drug-likeness (QED) is 0.867. The molecule has 0 aromatic rings. The number of nitrogens with one attached hydrogen (secondary N) is 1. The van der Waals surface area contributed by atoms with Crippen molar-refractivity contribution in [3.05, 3.63) is 0 Å². The molecule has 0 aromatic carbocycles. The Morgan fingerprint density at radius 3 is 2.71 bits per heavy atom. The molecule has 3 atom stereocenters. The Kier molecular flexibility index (Phi) is 5.20. The maximum absolute atomic E-state index is 6.00. The van der Waals surface area contributed by atoms with Crippen molar-refractivity contribution >= 4 is 0 Å². The topological polar surface area (TPSA) is 33.7 Å². The summed E-state index contributed by atoms with van der Waals surface area (Å²) in [5.74, 6) is 0.609. The lowest BCUT2D eigenvalue weighted by molar-refractivity contribution is -0.193. The van der Waals surface area contributed by atoms with Crippen LogP contribution in [-0.4, -0.2) is 55.6 Å². The molecular weight excluding hydrogens is 264 g/mol. The molecule has 4 heteroatoms. The van der Waals surface area contributed by atoms with Crippen LogP contribution in [-0.2, 0) is 9.47 Å². The molecule has 0 aromatic heterocycles. The first-order chi connectivity index (χ1) is 10.2. The van der Waals surface area contributed by atoms with Crippen LogP contribution in [0.4, 0.5) is 0 Å². The molecule has 0 bridgehead atoms. The third-order valence-corrected chi connectivity index (χ3v) is 5.62. The van der Waals surface area contributed by atoms with Gasteiger partial charge in [0.25, 0.3) is 0 Å². The van der Waals surface area contributed by atoms with Crippen molar-refractivity contribution in [2.45, 2.75) is 70.2 Å². The molecule has 1 N–H and O–H groups in total. The smallest absolute Gasteiger partial charge is 0.170 e. The van der Waals surface area contributed by atoms with Crippen molar-refractivity contribution in [2.24, 2.45) is 5.92 Å². The van der Waals surface area contributed by atoms with Gasteiger partial charge in [-0.2, -0.15) is 0 Å². The molecule has 1 spiro atoms. The molecule has 2 aliphatic heterocycles. The van der Waals surface area contributed by atoms with Gasteiger partial charge in [-0.05, 0) is 51.2 Å². The number of hydrogen-bond donors (Lipinski definition) is 1. The molecule has 3 unspecified atom stereocenters. The molecule has 2 saturated heterocycles. The Morgan fingerprint density at radius 2 is 1.95 bits per heavy atom. The summed E-state index contributed by atoms with van der Waals surface area (Å²) in [5, 5.41) is 3.72. The lowest BCUT2D eigenvalue weighted by Crippen LogP contribution is -2.58. The average Bonchev–Trinajstić information content (AvgIpc) is 2.82. The number of ether oxygens (including phenoxy) is 2. The average molecular weight is 296 g/mol. The highest BCUT2D eigenvalue weighted by Crippen LogP contribution is 2.38. The van der Waals surface area contributed by atoms with E-state index in [2.05, 4.69) is 24.1 Å². The number of likely N-dealkylation sites (tertiary alicyclic amines) is 1. The molecule has 122 valence electrons. The van der Waals surface area contributed by atoms with Crippen LogP contribution in [0.25, 0.3) is 0 Å². The molecule has 3 rings (SSSR count). The highest BCUT2D eigenvalue weighted by molar-refractivity contribution is 4.97. The van der Waals surface area contributed by atoms with Crippen LogP contribution in [0.5, 0.6) is 0 Å². The fraction of sp³-hybridized carbons (Fsp3) is 1.00. The molecule has 21 heavy (non-hydrogen) atoms. The molecule has 1 aliphatic carbocycles. The van der Waals surface area contributed by atoms with Gasteiger partial charge in [0.15, 0.2) is 5.79 Å². The number of hydrogen-bond acceptors (Lipinski definition) is 4. The van der Waals surface area contributed by atoms with Gasteiger partial charge in [-0.25, -0.2) is 0 Å². The molecule has 0 amide bonds. The SMILES string of the molecule is CCNC1CCC2(CC1N1CCCC(C)CC1)OCCO2. The number of nitrogens with zero attached hydrogens (tertiary/aromatic N) is 1. The van der Waals surface area contributed by atoms with Crippen LogP contribution in [0.1, 0.15) is 52.4 Å². The molecular formula is C17H32N2O2. The monoisotopic (exact) mass is 296 g/mol. The second-order valence-electron chi connectivity index (χ2n) is 7.15. The van der Waals surface area contributed by atoms with Crippen molar-refractivity contribution < 1.29 is 9.47 Å². The van der Waals surface area contributed by atoms with Gasteiger partial charge in [0.1, 0.15) is 0 Å². The van der Waals surface area contributed by atoms with E-state index in [9.17, 15) is 0 Å². The Bertz CT molecular complexity index is 331. The predicted octanol–water partition coefficient (Wildman–Crippen LogP) is 2.38. The van der Waals surface area contributed by atoms with E-state index in [0.717, 1.165) is 38.5 Å². The van der Waals surface area contributed by atoms with E-state index >= 15 is 0 Å². The minimum absolute atomic E-state index is 0.269. The molecule has 0 radical (unpaired) electrons. The van der Waals surface area contributed by atoms with E-state index < -0.39 is 0 Å². The van der Waals surface area contributed by atoms with E-state index in [1.54, 1.807) is 0 Å². The summed E-state index contributed by atoms with van der Waals surface area (Å²) >= 11 is 0. The first-order valence-corrected chi connectivity index (χ1v) is 8.98. The maximum Gasteiger partial charge on any atom is 0.170 e. The van der Waals surface area contributed by atoms with Gasteiger partial charge in [0.2, 0.25) is 0 Å². The summed E-state index contributed by atoms with van der Waals surface area (Å²) in [4.78, 5) is 2.72. The fourth-order valence-corrected chi connectivity index (χ4v) is 4.39. The van der Waals surface area contributed by atoms with E-state index in [1.165, 1.54) is 38.8 Å². The summed E-state index contributed by atoms with van der Waals surface area (Å²) in [7, 11) is 0. The highest BCUT2D eigenvalue weighted by atomic mass is 16.7. The summed E-state index contributed by atoms with van der Waals surface area (Å²) in [6, 6.07) is 1.17. The van der Waals surface area contributed by atoms with Gasteiger partial charge in [-0.15, -0.1) is 0 Å².